The van der Waals surface area contributed by atoms with Crippen LogP contribution in [0.5, 0.6) is 0 Å². The van der Waals surface area contributed by atoms with Gasteiger partial charge in [0.2, 0.25) is 0 Å². The van der Waals surface area contributed by atoms with Gasteiger partial charge in [-0.2, -0.15) is 8.42 Å². The molecule has 10 heteroatoms. The second-order valence-corrected chi connectivity index (χ2v) is 7.51. The number of nitro benzene ring substituents is 1. The minimum atomic E-state index is -3.71. The molecule has 0 spiro atoms. The second kappa shape index (κ2) is 6.46. The fourth-order valence-electron chi connectivity index (χ4n) is 2.79. The molecule has 0 radical (unpaired) electrons. The van der Waals surface area contributed by atoms with Crippen LogP contribution in [0.1, 0.15) is 27.6 Å². The zero-order chi connectivity index (χ0) is 19.1. The maximum Gasteiger partial charge on any atom is 0.270 e. The summed E-state index contributed by atoms with van der Waals surface area (Å²) in [5.41, 5.74) is -0.00907. The number of benzene rings is 2. The highest BCUT2D eigenvalue weighted by atomic mass is 32.2. The average molecular weight is 378 g/mol. The van der Waals surface area contributed by atoms with Gasteiger partial charge in [-0.1, -0.05) is 12.1 Å². The number of imide groups is 1. The maximum atomic E-state index is 12.7. The number of hydrogen-bond acceptors (Lipinski definition) is 7. The highest BCUT2D eigenvalue weighted by molar-refractivity contribution is 7.86. The summed E-state index contributed by atoms with van der Waals surface area (Å²) in [4.78, 5) is 36.6. The Hall–Kier alpha value is -2.85. The Bertz CT molecular complexity index is 1050. The third kappa shape index (κ3) is 3.04. The van der Waals surface area contributed by atoms with Crippen LogP contribution in [0.25, 0.3) is 10.8 Å². The summed E-state index contributed by atoms with van der Waals surface area (Å²) < 4.78 is 27.5. The van der Waals surface area contributed by atoms with Gasteiger partial charge in [0.25, 0.3) is 27.6 Å². The van der Waals surface area contributed by atoms with Crippen LogP contribution in [0, 0.1) is 10.1 Å². The van der Waals surface area contributed by atoms with E-state index in [9.17, 15) is 28.1 Å². The Morgan fingerprint density at radius 1 is 1.15 bits per heavy atom. The van der Waals surface area contributed by atoms with Crippen molar-refractivity contribution in [3.8, 4) is 0 Å². The van der Waals surface area contributed by atoms with Crippen molar-refractivity contribution in [1.29, 1.82) is 0 Å². The lowest BCUT2D eigenvalue weighted by Gasteiger charge is -2.26. The monoisotopic (exact) mass is 378 g/mol. The SMILES string of the molecule is CCS(=O)(=O)OCCN1C(=O)c2cccc3cc([N+](=O)[O-])cc(c23)C1=O. The number of nitrogens with zero attached hydrogens (tertiary/aromatic N) is 2. The number of rotatable bonds is 6. The predicted molar refractivity (Wildman–Crippen MR) is 91.4 cm³/mol. The van der Waals surface area contributed by atoms with Gasteiger partial charge in [0.1, 0.15) is 0 Å². The van der Waals surface area contributed by atoms with Gasteiger partial charge in [-0.25, -0.2) is 0 Å². The smallest absolute Gasteiger partial charge is 0.270 e. The molecule has 1 aliphatic heterocycles. The van der Waals surface area contributed by atoms with E-state index in [1.165, 1.54) is 19.1 Å². The first-order valence-corrected chi connectivity index (χ1v) is 9.27. The first kappa shape index (κ1) is 18.0. The van der Waals surface area contributed by atoms with Crippen LogP contribution in [-0.4, -0.2) is 49.0 Å². The van der Waals surface area contributed by atoms with E-state index in [0.29, 0.717) is 10.8 Å². The van der Waals surface area contributed by atoms with Crippen LogP contribution in [0.2, 0.25) is 0 Å². The zero-order valence-corrected chi connectivity index (χ0v) is 14.5. The Kier molecular flexibility index (Phi) is 4.46. The fourth-order valence-corrected chi connectivity index (χ4v) is 3.28. The summed E-state index contributed by atoms with van der Waals surface area (Å²) >= 11 is 0. The van der Waals surface area contributed by atoms with Gasteiger partial charge in [-0.15, -0.1) is 0 Å². The van der Waals surface area contributed by atoms with E-state index in [4.69, 9.17) is 4.18 Å². The summed E-state index contributed by atoms with van der Waals surface area (Å²) in [6.07, 6.45) is 0. The number of carbonyl (C=O) groups excluding carboxylic acids is 2. The number of non-ortho nitro benzene ring substituents is 1. The van der Waals surface area contributed by atoms with Crippen molar-refractivity contribution in [3.63, 3.8) is 0 Å². The van der Waals surface area contributed by atoms with E-state index in [2.05, 4.69) is 0 Å². The first-order chi connectivity index (χ1) is 12.2. The van der Waals surface area contributed by atoms with Crippen molar-refractivity contribution in [1.82, 2.24) is 4.90 Å². The van der Waals surface area contributed by atoms with E-state index in [0.717, 1.165) is 11.0 Å². The van der Waals surface area contributed by atoms with Crippen LogP contribution in [-0.2, 0) is 14.3 Å². The lowest BCUT2D eigenvalue weighted by atomic mass is 9.93. The first-order valence-electron chi connectivity index (χ1n) is 7.69. The quantitative estimate of drug-likeness (QED) is 0.324. The Morgan fingerprint density at radius 2 is 1.85 bits per heavy atom. The molecule has 3 rings (SSSR count). The topological polar surface area (TPSA) is 124 Å². The van der Waals surface area contributed by atoms with Crippen molar-refractivity contribution >= 4 is 38.4 Å². The number of hydrogen-bond donors (Lipinski definition) is 0. The summed E-state index contributed by atoms with van der Waals surface area (Å²) in [5.74, 6) is -1.55. The van der Waals surface area contributed by atoms with E-state index < -0.39 is 26.9 Å². The lowest BCUT2D eigenvalue weighted by molar-refractivity contribution is -0.384. The van der Waals surface area contributed by atoms with Crippen LogP contribution in [0.4, 0.5) is 5.69 Å². The highest BCUT2D eigenvalue weighted by Gasteiger charge is 2.34. The molecule has 136 valence electrons. The van der Waals surface area contributed by atoms with Crippen LogP contribution in [0.15, 0.2) is 30.3 Å². The Labute approximate surface area is 148 Å². The number of nitro groups is 1. The summed E-state index contributed by atoms with van der Waals surface area (Å²) in [6, 6.07) is 7.09. The predicted octanol–water partition coefficient (Wildman–Crippen LogP) is 1.71. The molecular formula is C16H14N2O7S. The second-order valence-electron chi connectivity index (χ2n) is 5.58. The molecule has 9 nitrogen and oxygen atoms in total. The molecule has 2 aromatic rings. The molecule has 0 fully saturated rings. The van der Waals surface area contributed by atoms with Crippen molar-refractivity contribution < 1.29 is 27.1 Å². The Morgan fingerprint density at radius 3 is 2.50 bits per heavy atom. The third-order valence-corrected chi connectivity index (χ3v) is 5.29. The molecule has 26 heavy (non-hydrogen) atoms. The standard InChI is InChI=1S/C16H14N2O7S/c1-2-26(23,24)25-7-6-17-15(19)12-5-3-4-10-8-11(18(21)22)9-13(14(10)12)16(17)20/h3-5,8-9H,2,6-7H2,1H3. The zero-order valence-electron chi connectivity index (χ0n) is 13.7. The van der Waals surface area contributed by atoms with Gasteiger partial charge in [0.15, 0.2) is 0 Å². The van der Waals surface area contributed by atoms with Crippen molar-refractivity contribution in [2.45, 2.75) is 6.92 Å². The van der Waals surface area contributed by atoms with Crippen molar-refractivity contribution in [2.75, 3.05) is 18.9 Å². The molecule has 2 amide bonds. The largest absolute Gasteiger partial charge is 0.272 e. The molecule has 0 atom stereocenters. The summed E-state index contributed by atoms with van der Waals surface area (Å²) in [5, 5.41) is 11.9. The van der Waals surface area contributed by atoms with Crippen LogP contribution >= 0.6 is 0 Å². The molecule has 0 bridgehead atoms. The van der Waals surface area contributed by atoms with E-state index in [1.54, 1.807) is 12.1 Å². The van der Waals surface area contributed by atoms with Crippen molar-refractivity contribution in [2.24, 2.45) is 0 Å². The molecular weight excluding hydrogens is 364 g/mol. The average Bonchev–Trinajstić information content (AvgIpc) is 2.61. The molecule has 0 N–H and O–H groups in total. The molecule has 0 aliphatic carbocycles. The molecule has 1 aliphatic rings. The number of carbonyl (C=O) groups is 2. The van der Waals surface area contributed by atoms with Crippen molar-refractivity contribution in [3.05, 3.63) is 51.6 Å². The van der Waals surface area contributed by atoms with E-state index in [1.807, 2.05) is 0 Å². The lowest BCUT2D eigenvalue weighted by Crippen LogP contribution is -2.42. The van der Waals surface area contributed by atoms with Crippen LogP contribution in [0.3, 0.4) is 0 Å². The number of amides is 2. The fraction of sp³-hybridized carbons (Fsp3) is 0.250. The third-order valence-electron chi connectivity index (χ3n) is 4.05. The summed E-state index contributed by atoms with van der Waals surface area (Å²) in [7, 11) is -3.71. The molecule has 2 aromatic carbocycles. The van der Waals surface area contributed by atoms with Gasteiger partial charge in [-0.3, -0.25) is 28.8 Å². The summed E-state index contributed by atoms with van der Waals surface area (Å²) in [6.45, 7) is 0.742. The Balaban J connectivity index is 2.01. The van der Waals surface area contributed by atoms with Crippen LogP contribution < -0.4 is 0 Å². The van der Waals surface area contributed by atoms with E-state index in [-0.39, 0.29) is 35.7 Å². The molecule has 1 heterocycles. The molecule has 0 saturated heterocycles. The van der Waals surface area contributed by atoms with Gasteiger partial charge in [-0.05, 0) is 18.4 Å². The minimum absolute atomic E-state index is 0.0303. The van der Waals surface area contributed by atoms with Gasteiger partial charge in [0, 0.05) is 23.1 Å². The minimum Gasteiger partial charge on any atom is -0.272 e. The molecule has 0 aromatic heterocycles. The molecule has 0 unspecified atom stereocenters. The van der Waals surface area contributed by atoms with Gasteiger partial charge < -0.3 is 0 Å². The van der Waals surface area contributed by atoms with Gasteiger partial charge in [0.05, 0.1) is 29.4 Å². The normalized spacial score (nSPS) is 14.1. The maximum absolute atomic E-state index is 12.7. The van der Waals surface area contributed by atoms with E-state index >= 15 is 0 Å². The molecule has 0 saturated carbocycles. The highest BCUT2D eigenvalue weighted by Crippen LogP contribution is 2.33. The van der Waals surface area contributed by atoms with Gasteiger partial charge >= 0.3 is 0 Å².